The number of aromatic nitrogens is 2. The first-order valence-electron chi connectivity index (χ1n) is 6.62. The molecule has 0 radical (unpaired) electrons. The maximum absolute atomic E-state index is 7.49. The largest absolute Gasteiger partial charge is 0.382 e. The third-order valence-electron chi connectivity index (χ3n) is 3.26. The van der Waals surface area contributed by atoms with Crippen molar-refractivity contribution in [2.75, 3.05) is 18.0 Å². The van der Waals surface area contributed by atoms with Crippen LogP contribution in [0.1, 0.15) is 43.5 Å². The Bertz CT molecular complexity index is 421. The Labute approximate surface area is 108 Å². The van der Waals surface area contributed by atoms with Crippen LogP contribution >= 0.6 is 0 Å². The van der Waals surface area contributed by atoms with Gasteiger partial charge in [-0.15, -0.1) is 0 Å². The second kappa shape index (κ2) is 5.80. The van der Waals surface area contributed by atoms with Gasteiger partial charge >= 0.3 is 0 Å². The zero-order valence-corrected chi connectivity index (χ0v) is 10.9. The van der Waals surface area contributed by atoms with Gasteiger partial charge in [0.25, 0.3) is 0 Å². The van der Waals surface area contributed by atoms with Crippen LogP contribution in [0.4, 0.5) is 5.95 Å². The minimum absolute atomic E-state index is 0.00814. The Hall–Kier alpha value is -1.65. The number of nitrogens with zero attached hydrogens (tertiary/aromatic N) is 3. The van der Waals surface area contributed by atoms with Crippen molar-refractivity contribution in [1.82, 2.24) is 9.97 Å². The third kappa shape index (κ3) is 3.18. The molecular formula is C13H21N5. The van der Waals surface area contributed by atoms with Gasteiger partial charge in [-0.3, -0.25) is 5.41 Å². The second-order valence-corrected chi connectivity index (χ2v) is 4.86. The average molecular weight is 247 g/mol. The fourth-order valence-electron chi connectivity index (χ4n) is 2.28. The van der Waals surface area contributed by atoms with Crippen molar-refractivity contribution in [3.05, 3.63) is 17.5 Å². The van der Waals surface area contributed by atoms with Crippen LogP contribution in [-0.2, 0) is 0 Å². The Morgan fingerprint density at radius 2 is 1.78 bits per heavy atom. The summed E-state index contributed by atoms with van der Waals surface area (Å²) in [5.74, 6) is 0.732. The fourth-order valence-corrected chi connectivity index (χ4v) is 2.28. The van der Waals surface area contributed by atoms with E-state index in [1.165, 1.54) is 32.1 Å². The molecule has 0 amide bonds. The molecule has 0 spiro atoms. The normalized spacial score (nSPS) is 17.1. The lowest BCUT2D eigenvalue weighted by Crippen LogP contribution is -2.30. The summed E-state index contributed by atoms with van der Waals surface area (Å²) in [5, 5.41) is 7.49. The first-order chi connectivity index (χ1) is 8.66. The molecule has 0 saturated carbocycles. The van der Waals surface area contributed by atoms with Gasteiger partial charge in [0, 0.05) is 18.8 Å². The van der Waals surface area contributed by atoms with E-state index in [1.807, 2.05) is 6.92 Å². The number of hydrogen-bond donors (Lipinski definition) is 2. The lowest BCUT2D eigenvalue weighted by molar-refractivity contribution is 0.550. The van der Waals surface area contributed by atoms with E-state index >= 15 is 0 Å². The summed E-state index contributed by atoms with van der Waals surface area (Å²) < 4.78 is 0. The molecule has 0 atom stereocenters. The molecule has 0 bridgehead atoms. The Morgan fingerprint density at radius 3 is 2.39 bits per heavy atom. The summed E-state index contributed by atoms with van der Waals surface area (Å²) in [6, 6.07) is 1.76. The van der Waals surface area contributed by atoms with Crippen molar-refractivity contribution >= 4 is 11.8 Å². The molecule has 5 nitrogen and oxygen atoms in total. The maximum atomic E-state index is 7.49. The molecule has 0 aromatic carbocycles. The maximum Gasteiger partial charge on any atom is 0.226 e. The molecule has 1 aliphatic heterocycles. The topological polar surface area (TPSA) is 78.9 Å². The number of hydrogen-bond acceptors (Lipinski definition) is 4. The van der Waals surface area contributed by atoms with Gasteiger partial charge in [-0.2, -0.15) is 0 Å². The van der Waals surface area contributed by atoms with Gasteiger partial charge in [-0.25, -0.2) is 9.97 Å². The highest BCUT2D eigenvalue weighted by Gasteiger charge is 2.13. The Kier molecular flexibility index (Phi) is 4.12. The average Bonchev–Trinajstić information content (AvgIpc) is 2.27. The summed E-state index contributed by atoms with van der Waals surface area (Å²) >= 11 is 0. The Balaban J connectivity index is 2.22. The first kappa shape index (κ1) is 12.8. The highest BCUT2D eigenvalue weighted by atomic mass is 15.2. The predicted octanol–water partition coefficient (Wildman–Crippen LogP) is 1.84. The van der Waals surface area contributed by atoms with E-state index in [9.17, 15) is 0 Å². The lowest BCUT2D eigenvalue weighted by atomic mass is 10.1. The SMILES string of the molecule is Cc1cc(C(=N)N)nc(N2CCCCCCC2)n1. The van der Waals surface area contributed by atoms with Gasteiger partial charge < -0.3 is 10.6 Å². The van der Waals surface area contributed by atoms with E-state index in [0.717, 1.165) is 24.7 Å². The van der Waals surface area contributed by atoms with Crippen molar-refractivity contribution < 1.29 is 0 Å². The zero-order valence-electron chi connectivity index (χ0n) is 10.9. The van der Waals surface area contributed by atoms with E-state index in [4.69, 9.17) is 11.1 Å². The molecule has 2 rings (SSSR count). The number of nitrogen functional groups attached to an aromatic ring is 1. The van der Waals surface area contributed by atoms with Crippen LogP contribution in [-0.4, -0.2) is 28.9 Å². The van der Waals surface area contributed by atoms with Gasteiger partial charge in [-0.05, 0) is 25.8 Å². The smallest absolute Gasteiger partial charge is 0.226 e. The number of amidine groups is 1. The quantitative estimate of drug-likeness (QED) is 0.617. The third-order valence-corrected chi connectivity index (χ3v) is 3.26. The van der Waals surface area contributed by atoms with E-state index in [2.05, 4.69) is 14.9 Å². The van der Waals surface area contributed by atoms with E-state index in [0.29, 0.717) is 5.69 Å². The van der Waals surface area contributed by atoms with Crippen molar-refractivity contribution in [2.45, 2.75) is 39.0 Å². The van der Waals surface area contributed by atoms with Crippen LogP contribution in [0.2, 0.25) is 0 Å². The van der Waals surface area contributed by atoms with Crippen molar-refractivity contribution in [3.63, 3.8) is 0 Å². The van der Waals surface area contributed by atoms with Crippen molar-refractivity contribution in [3.8, 4) is 0 Å². The molecule has 18 heavy (non-hydrogen) atoms. The van der Waals surface area contributed by atoms with Gasteiger partial charge in [-0.1, -0.05) is 19.3 Å². The molecule has 1 aliphatic rings. The minimum atomic E-state index is 0.00814. The van der Waals surface area contributed by atoms with Crippen molar-refractivity contribution in [1.29, 1.82) is 5.41 Å². The summed E-state index contributed by atoms with van der Waals surface area (Å²) in [5.41, 5.74) is 6.91. The highest BCUT2D eigenvalue weighted by molar-refractivity contribution is 5.93. The molecule has 1 saturated heterocycles. The molecule has 2 heterocycles. The molecule has 1 aromatic heterocycles. The van der Waals surface area contributed by atoms with Gasteiger partial charge in [0.1, 0.15) is 11.5 Å². The van der Waals surface area contributed by atoms with E-state index < -0.39 is 0 Å². The number of aryl methyl sites for hydroxylation is 1. The molecule has 1 aromatic rings. The summed E-state index contributed by atoms with van der Waals surface area (Å²) in [6.07, 6.45) is 6.27. The van der Waals surface area contributed by atoms with Crippen LogP contribution in [0.15, 0.2) is 6.07 Å². The molecule has 3 N–H and O–H groups in total. The standard InChI is InChI=1S/C13H21N5/c1-10-9-11(12(14)15)17-13(16-10)18-7-5-3-2-4-6-8-18/h9H,2-8H2,1H3,(H3,14,15). The summed E-state index contributed by atoms with van der Waals surface area (Å²) in [4.78, 5) is 11.1. The summed E-state index contributed by atoms with van der Waals surface area (Å²) in [6.45, 7) is 3.92. The lowest BCUT2D eigenvalue weighted by Gasteiger charge is -2.25. The first-order valence-corrected chi connectivity index (χ1v) is 6.62. The second-order valence-electron chi connectivity index (χ2n) is 4.86. The van der Waals surface area contributed by atoms with Crippen LogP contribution in [0.3, 0.4) is 0 Å². The highest BCUT2D eigenvalue weighted by Crippen LogP contribution is 2.16. The minimum Gasteiger partial charge on any atom is -0.382 e. The van der Waals surface area contributed by atoms with Crippen molar-refractivity contribution in [2.24, 2.45) is 5.73 Å². The van der Waals surface area contributed by atoms with Crippen LogP contribution in [0, 0.1) is 12.3 Å². The molecule has 0 aliphatic carbocycles. The van der Waals surface area contributed by atoms with Crippen LogP contribution in [0.25, 0.3) is 0 Å². The molecule has 0 unspecified atom stereocenters. The van der Waals surface area contributed by atoms with Gasteiger partial charge in [0.2, 0.25) is 5.95 Å². The van der Waals surface area contributed by atoms with Gasteiger partial charge in [0.05, 0.1) is 0 Å². The Morgan fingerprint density at radius 1 is 1.17 bits per heavy atom. The van der Waals surface area contributed by atoms with E-state index in [-0.39, 0.29) is 5.84 Å². The fraction of sp³-hybridized carbons (Fsp3) is 0.615. The van der Waals surface area contributed by atoms with Crippen LogP contribution in [0.5, 0.6) is 0 Å². The summed E-state index contributed by atoms with van der Waals surface area (Å²) in [7, 11) is 0. The van der Waals surface area contributed by atoms with E-state index in [1.54, 1.807) is 6.07 Å². The van der Waals surface area contributed by atoms with Crippen LogP contribution < -0.4 is 10.6 Å². The predicted molar refractivity (Wildman–Crippen MR) is 73.1 cm³/mol. The van der Waals surface area contributed by atoms with Gasteiger partial charge in [0.15, 0.2) is 0 Å². The number of nitrogens with two attached hydrogens (primary N) is 1. The monoisotopic (exact) mass is 247 g/mol. The molecular weight excluding hydrogens is 226 g/mol. The molecule has 1 fully saturated rings. The zero-order chi connectivity index (χ0) is 13.0. The molecule has 98 valence electrons. The number of nitrogens with one attached hydrogen (secondary N) is 1. The number of rotatable bonds is 2. The number of anilines is 1. The molecule has 5 heteroatoms.